The molecule has 14 nitrogen and oxygen atoms in total. The van der Waals surface area contributed by atoms with Crippen molar-refractivity contribution in [2.75, 3.05) is 84.6 Å². The number of rotatable bonds is 4. The molecular formula is C32H39N3O11. The number of fused-ring (bicyclic) bond motifs is 2. The largest absolute Gasteiger partial charge is 0.487 e. The summed E-state index contributed by atoms with van der Waals surface area (Å²) in [4.78, 5) is 22.7. The maximum atomic E-state index is 12.4. The van der Waals surface area contributed by atoms with Gasteiger partial charge in [0.05, 0.1) is 57.8 Å². The number of para-hydroxylation sites is 2. The van der Waals surface area contributed by atoms with E-state index in [1.807, 2.05) is 30.3 Å². The maximum Gasteiger partial charge on any atom is 0.319 e. The Bertz CT molecular complexity index is 1360. The minimum absolute atomic E-state index is 0.0611. The van der Waals surface area contributed by atoms with E-state index in [2.05, 4.69) is 10.6 Å². The number of amides is 2. The predicted molar refractivity (Wildman–Crippen MR) is 167 cm³/mol. The van der Waals surface area contributed by atoms with Crippen LogP contribution in [-0.2, 0) is 25.5 Å². The summed E-state index contributed by atoms with van der Waals surface area (Å²) in [7, 11) is 0. The molecule has 0 atom stereocenters. The summed E-state index contributed by atoms with van der Waals surface area (Å²) in [5, 5.41) is 16.2. The molecule has 2 N–H and O–H groups in total. The minimum Gasteiger partial charge on any atom is -0.487 e. The molecule has 1 heterocycles. The molecule has 46 heavy (non-hydrogen) atoms. The SMILES string of the molecule is O=C(NCc1ccc2c(c1)OCCOCCOCCOc1ccccc1OCCOCCOCCO2)Nc1ccc([N+](=O)[O-])cc1. The number of carbonyl (C=O) groups is 1. The Balaban J connectivity index is 1.26. The number of nitrogens with one attached hydrogen (secondary N) is 2. The van der Waals surface area contributed by atoms with Gasteiger partial charge in [-0.2, -0.15) is 0 Å². The first-order chi connectivity index (χ1) is 22.6. The van der Waals surface area contributed by atoms with Gasteiger partial charge in [-0.15, -0.1) is 0 Å². The second kappa shape index (κ2) is 19.7. The van der Waals surface area contributed by atoms with E-state index in [0.29, 0.717) is 101 Å². The summed E-state index contributed by atoms with van der Waals surface area (Å²) in [5.41, 5.74) is 1.14. The molecule has 1 aliphatic heterocycles. The third-order valence-corrected chi connectivity index (χ3v) is 6.33. The van der Waals surface area contributed by atoms with E-state index in [-0.39, 0.29) is 18.8 Å². The zero-order valence-electron chi connectivity index (χ0n) is 25.5. The number of hydrogen-bond donors (Lipinski definition) is 2. The summed E-state index contributed by atoms with van der Waals surface area (Å²) in [6.45, 7) is 4.56. The Morgan fingerprint density at radius 1 is 0.609 bits per heavy atom. The Hall–Kier alpha value is -4.63. The molecule has 0 bridgehead atoms. The van der Waals surface area contributed by atoms with Gasteiger partial charge >= 0.3 is 6.03 Å². The van der Waals surface area contributed by atoms with E-state index < -0.39 is 11.0 Å². The molecule has 0 unspecified atom stereocenters. The van der Waals surface area contributed by atoms with Crippen LogP contribution in [0.4, 0.5) is 16.2 Å². The van der Waals surface area contributed by atoms with Crippen LogP contribution in [0.2, 0.25) is 0 Å². The quantitative estimate of drug-likeness (QED) is 0.311. The molecule has 0 radical (unpaired) electrons. The third kappa shape index (κ3) is 12.4. The number of nitro groups is 1. The molecule has 4 rings (SSSR count). The van der Waals surface area contributed by atoms with Crippen molar-refractivity contribution in [1.29, 1.82) is 0 Å². The lowest BCUT2D eigenvalue weighted by atomic mass is 10.2. The van der Waals surface area contributed by atoms with Crippen LogP contribution in [0.25, 0.3) is 0 Å². The Labute approximate surface area is 266 Å². The van der Waals surface area contributed by atoms with Gasteiger partial charge in [0, 0.05) is 24.4 Å². The number of non-ortho nitro benzene ring substituents is 1. The number of ether oxygens (including phenoxy) is 8. The van der Waals surface area contributed by atoms with Gasteiger partial charge in [0.1, 0.15) is 26.4 Å². The van der Waals surface area contributed by atoms with Crippen molar-refractivity contribution in [2.45, 2.75) is 6.54 Å². The number of nitrogens with zero attached hydrogens (tertiary/aromatic N) is 1. The number of urea groups is 1. The highest BCUT2D eigenvalue weighted by atomic mass is 16.6. The van der Waals surface area contributed by atoms with E-state index >= 15 is 0 Å². The number of benzene rings is 3. The van der Waals surface area contributed by atoms with Crippen LogP contribution in [0.3, 0.4) is 0 Å². The average Bonchev–Trinajstić information content (AvgIpc) is 3.06. The number of carbonyl (C=O) groups excluding carboxylic acids is 1. The summed E-state index contributed by atoms with van der Waals surface area (Å²) < 4.78 is 46.0. The first-order valence-electron chi connectivity index (χ1n) is 14.9. The zero-order valence-corrected chi connectivity index (χ0v) is 25.5. The van der Waals surface area contributed by atoms with Crippen molar-refractivity contribution in [1.82, 2.24) is 5.32 Å². The first kappa shape index (κ1) is 34.2. The first-order valence-corrected chi connectivity index (χ1v) is 14.9. The van der Waals surface area contributed by atoms with E-state index in [4.69, 9.17) is 37.9 Å². The average molecular weight is 642 g/mol. The molecule has 0 fully saturated rings. The van der Waals surface area contributed by atoms with E-state index in [1.165, 1.54) is 24.3 Å². The molecular weight excluding hydrogens is 602 g/mol. The van der Waals surface area contributed by atoms with E-state index in [1.54, 1.807) is 12.1 Å². The smallest absolute Gasteiger partial charge is 0.319 e. The molecule has 0 aromatic heterocycles. The lowest BCUT2D eigenvalue weighted by Crippen LogP contribution is -2.28. The molecule has 0 saturated carbocycles. The minimum atomic E-state index is -0.503. The predicted octanol–water partition coefficient (Wildman–Crippen LogP) is 4.21. The summed E-state index contributed by atoms with van der Waals surface area (Å²) in [6, 6.07) is 17.9. The fourth-order valence-corrected chi connectivity index (χ4v) is 4.09. The van der Waals surface area contributed by atoms with Gasteiger partial charge in [-0.3, -0.25) is 10.1 Å². The molecule has 3 aromatic rings. The highest BCUT2D eigenvalue weighted by Crippen LogP contribution is 2.29. The zero-order chi connectivity index (χ0) is 32.2. The summed E-state index contributed by atoms with van der Waals surface area (Å²) in [5.74, 6) is 2.30. The van der Waals surface area contributed by atoms with Gasteiger partial charge in [0.15, 0.2) is 23.0 Å². The molecule has 0 aliphatic carbocycles. The summed E-state index contributed by atoms with van der Waals surface area (Å²) >= 11 is 0. The van der Waals surface area contributed by atoms with Crippen molar-refractivity contribution in [2.24, 2.45) is 0 Å². The van der Waals surface area contributed by atoms with Crippen LogP contribution in [0, 0.1) is 10.1 Å². The molecule has 248 valence electrons. The van der Waals surface area contributed by atoms with Gasteiger partial charge in [-0.1, -0.05) is 18.2 Å². The van der Waals surface area contributed by atoms with Gasteiger partial charge < -0.3 is 48.5 Å². The molecule has 3 aromatic carbocycles. The molecule has 14 heteroatoms. The van der Waals surface area contributed by atoms with E-state index in [9.17, 15) is 14.9 Å². The van der Waals surface area contributed by atoms with Crippen LogP contribution in [0.15, 0.2) is 66.7 Å². The van der Waals surface area contributed by atoms with Crippen molar-refractivity contribution in [3.05, 3.63) is 82.4 Å². The Morgan fingerprint density at radius 2 is 1.07 bits per heavy atom. The van der Waals surface area contributed by atoms with Crippen LogP contribution < -0.4 is 29.6 Å². The molecule has 0 saturated heterocycles. The highest BCUT2D eigenvalue weighted by Gasteiger charge is 2.11. The van der Waals surface area contributed by atoms with Gasteiger partial charge in [0.25, 0.3) is 5.69 Å². The normalized spacial score (nSPS) is 15.9. The second-order valence-electron chi connectivity index (χ2n) is 9.68. The van der Waals surface area contributed by atoms with Gasteiger partial charge in [0.2, 0.25) is 0 Å². The van der Waals surface area contributed by atoms with Crippen LogP contribution >= 0.6 is 0 Å². The highest BCUT2D eigenvalue weighted by molar-refractivity contribution is 5.89. The number of anilines is 1. The third-order valence-electron chi connectivity index (χ3n) is 6.33. The van der Waals surface area contributed by atoms with Crippen LogP contribution in [0.1, 0.15) is 5.56 Å². The standard InChI is InChI=1S/C32H39N3O11/c36-32(34-26-6-8-27(9-7-26)35(37)38)33-24-25-5-10-30-31(23-25)46-22-18-42-14-13-40-16-20-44-29-4-2-1-3-28(29)43-19-15-39-11-12-41-17-21-45-30/h1-10,23H,11-22,24H2,(H2,33,34,36). The Morgan fingerprint density at radius 3 is 1.57 bits per heavy atom. The van der Waals surface area contributed by atoms with Crippen molar-refractivity contribution in [3.63, 3.8) is 0 Å². The Kier molecular flexibility index (Phi) is 14.7. The number of hydrogen-bond acceptors (Lipinski definition) is 11. The van der Waals surface area contributed by atoms with Crippen molar-refractivity contribution >= 4 is 17.4 Å². The molecule has 1 aliphatic rings. The lowest BCUT2D eigenvalue weighted by molar-refractivity contribution is -0.384. The molecule has 2 amide bonds. The maximum absolute atomic E-state index is 12.4. The number of nitro benzene ring substituents is 1. The lowest BCUT2D eigenvalue weighted by Gasteiger charge is -2.15. The van der Waals surface area contributed by atoms with Crippen molar-refractivity contribution in [3.8, 4) is 23.0 Å². The molecule has 0 spiro atoms. The fourth-order valence-electron chi connectivity index (χ4n) is 4.09. The topological polar surface area (TPSA) is 158 Å². The van der Waals surface area contributed by atoms with E-state index in [0.717, 1.165) is 5.56 Å². The van der Waals surface area contributed by atoms with Crippen molar-refractivity contribution < 1.29 is 47.6 Å². The van der Waals surface area contributed by atoms with Gasteiger partial charge in [-0.05, 0) is 42.0 Å². The fraction of sp³-hybridized carbons (Fsp3) is 0.406. The van der Waals surface area contributed by atoms with Crippen LogP contribution in [0.5, 0.6) is 23.0 Å². The van der Waals surface area contributed by atoms with Crippen LogP contribution in [-0.4, -0.2) is 90.2 Å². The van der Waals surface area contributed by atoms with Gasteiger partial charge in [-0.25, -0.2) is 4.79 Å². The summed E-state index contributed by atoms with van der Waals surface area (Å²) in [6.07, 6.45) is 0. The monoisotopic (exact) mass is 641 g/mol. The second-order valence-corrected chi connectivity index (χ2v) is 9.68.